The normalized spacial score (nSPS) is 11.1. The van der Waals surface area contributed by atoms with Crippen LogP contribution in [0.3, 0.4) is 0 Å². The number of para-hydroxylation sites is 1. The summed E-state index contributed by atoms with van der Waals surface area (Å²) >= 11 is 1.57. The molecule has 0 unspecified atom stereocenters. The predicted octanol–water partition coefficient (Wildman–Crippen LogP) is 4.37. The zero-order valence-electron chi connectivity index (χ0n) is 14.5. The van der Waals surface area contributed by atoms with Gasteiger partial charge in [0.15, 0.2) is 4.96 Å². The second-order valence-electron chi connectivity index (χ2n) is 6.33. The van der Waals surface area contributed by atoms with Gasteiger partial charge in [-0.15, -0.1) is 11.3 Å². The standard InChI is InChI=1S/C21H14N4O2S/c26-19(16-11-22-17-4-2-1-3-15(16)17)20(27)23-14-7-5-13(6-8-14)18-12-25-9-10-28-21(25)24-18/h1-12,22H,(H,23,27). The molecule has 0 radical (unpaired) electrons. The lowest BCUT2D eigenvalue weighted by atomic mass is 10.1. The van der Waals surface area contributed by atoms with Crippen molar-refractivity contribution in [2.75, 3.05) is 5.32 Å². The summed E-state index contributed by atoms with van der Waals surface area (Å²) in [5, 5.41) is 5.38. The van der Waals surface area contributed by atoms with Crippen molar-refractivity contribution < 1.29 is 9.59 Å². The average molecular weight is 386 g/mol. The second kappa shape index (κ2) is 6.47. The third-order valence-electron chi connectivity index (χ3n) is 4.57. The number of carbonyl (C=O) groups is 2. The van der Waals surface area contributed by atoms with E-state index >= 15 is 0 Å². The number of fused-ring (bicyclic) bond motifs is 2. The summed E-state index contributed by atoms with van der Waals surface area (Å²) in [5.41, 5.74) is 3.55. The molecule has 2 aromatic carbocycles. The summed E-state index contributed by atoms with van der Waals surface area (Å²) < 4.78 is 1.97. The Kier molecular flexibility index (Phi) is 3.80. The quantitative estimate of drug-likeness (QED) is 0.356. The first-order valence-electron chi connectivity index (χ1n) is 8.63. The number of imidazole rings is 1. The largest absolute Gasteiger partial charge is 0.360 e. The number of anilines is 1. The maximum atomic E-state index is 12.5. The molecule has 0 aliphatic rings. The van der Waals surface area contributed by atoms with Gasteiger partial charge in [0.1, 0.15) is 0 Å². The van der Waals surface area contributed by atoms with Crippen LogP contribution in [0.15, 0.2) is 72.5 Å². The summed E-state index contributed by atoms with van der Waals surface area (Å²) in [5.74, 6) is -1.24. The van der Waals surface area contributed by atoms with Gasteiger partial charge in [-0.1, -0.05) is 30.3 Å². The van der Waals surface area contributed by atoms with E-state index in [9.17, 15) is 9.59 Å². The van der Waals surface area contributed by atoms with E-state index in [-0.39, 0.29) is 0 Å². The van der Waals surface area contributed by atoms with E-state index in [1.54, 1.807) is 29.7 Å². The SMILES string of the molecule is O=C(Nc1ccc(-c2cn3ccsc3n2)cc1)C(=O)c1c[nH]c2ccccc12. The summed E-state index contributed by atoms with van der Waals surface area (Å²) in [6.45, 7) is 0. The fraction of sp³-hybridized carbons (Fsp3) is 0. The van der Waals surface area contributed by atoms with Crippen molar-refractivity contribution >= 4 is 44.6 Å². The Bertz CT molecular complexity index is 1300. The van der Waals surface area contributed by atoms with Crippen molar-refractivity contribution in [1.82, 2.24) is 14.4 Å². The lowest BCUT2D eigenvalue weighted by molar-refractivity contribution is -0.112. The molecule has 0 spiro atoms. The molecule has 6 nitrogen and oxygen atoms in total. The molecule has 5 aromatic rings. The molecule has 2 N–H and O–H groups in total. The molecule has 0 atom stereocenters. The molecule has 3 aromatic heterocycles. The third kappa shape index (κ3) is 2.78. The molecule has 0 aliphatic heterocycles. The maximum Gasteiger partial charge on any atom is 0.296 e. The fourth-order valence-electron chi connectivity index (χ4n) is 3.16. The predicted molar refractivity (Wildman–Crippen MR) is 110 cm³/mol. The van der Waals surface area contributed by atoms with Crippen LogP contribution in [0.2, 0.25) is 0 Å². The zero-order chi connectivity index (χ0) is 19.1. The molecule has 0 saturated carbocycles. The number of Topliss-reactive ketones (excluding diaryl/α,β-unsaturated/α-hetero) is 1. The van der Waals surface area contributed by atoms with E-state index in [1.165, 1.54) is 0 Å². The molecule has 0 bridgehead atoms. The van der Waals surface area contributed by atoms with Crippen LogP contribution in [0.1, 0.15) is 10.4 Å². The molecule has 0 fully saturated rings. The highest BCUT2D eigenvalue weighted by Crippen LogP contribution is 2.23. The van der Waals surface area contributed by atoms with E-state index in [2.05, 4.69) is 15.3 Å². The first-order valence-corrected chi connectivity index (χ1v) is 9.51. The van der Waals surface area contributed by atoms with Crippen LogP contribution in [0, 0.1) is 0 Å². The summed E-state index contributed by atoms with van der Waals surface area (Å²) in [7, 11) is 0. The number of thiazole rings is 1. The van der Waals surface area contributed by atoms with Crippen molar-refractivity contribution in [1.29, 1.82) is 0 Å². The van der Waals surface area contributed by atoms with Gasteiger partial charge in [0.25, 0.3) is 11.7 Å². The Morgan fingerprint density at radius 3 is 2.71 bits per heavy atom. The smallest absolute Gasteiger partial charge is 0.296 e. The average Bonchev–Trinajstić information content (AvgIpc) is 3.42. The van der Waals surface area contributed by atoms with E-state index < -0.39 is 11.7 Å². The minimum atomic E-state index is -0.667. The molecule has 0 aliphatic carbocycles. The number of hydrogen-bond donors (Lipinski definition) is 2. The minimum absolute atomic E-state index is 0.364. The molecular formula is C21H14N4O2S. The van der Waals surface area contributed by atoms with E-state index in [0.29, 0.717) is 11.3 Å². The van der Waals surface area contributed by atoms with Gasteiger partial charge in [0, 0.05) is 46.1 Å². The molecule has 28 heavy (non-hydrogen) atoms. The first kappa shape index (κ1) is 16.5. The molecule has 1 amide bonds. The van der Waals surface area contributed by atoms with Gasteiger partial charge < -0.3 is 10.3 Å². The van der Waals surface area contributed by atoms with E-state index in [0.717, 1.165) is 27.1 Å². The van der Waals surface area contributed by atoms with Crippen LogP contribution in [0.4, 0.5) is 5.69 Å². The van der Waals surface area contributed by atoms with Crippen LogP contribution in [-0.4, -0.2) is 26.1 Å². The molecule has 3 heterocycles. The number of benzene rings is 2. The van der Waals surface area contributed by atoms with Crippen molar-refractivity contribution in [3.8, 4) is 11.3 Å². The van der Waals surface area contributed by atoms with Crippen LogP contribution < -0.4 is 5.32 Å². The summed E-state index contributed by atoms with van der Waals surface area (Å²) in [6.07, 6.45) is 5.49. The van der Waals surface area contributed by atoms with Gasteiger partial charge in [-0.3, -0.25) is 14.0 Å². The van der Waals surface area contributed by atoms with Gasteiger partial charge in [-0.25, -0.2) is 4.98 Å². The van der Waals surface area contributed by atoms with Crippen molar-refractivity contribution in [2.24, 2.45) is 0 Å². The van der Waals surface area contributed by atoms with Gasteiger partial charge in [-0.2, -0.15) is 0 Å². The second-order valence-corrected chi connectivity index (χ2v) is 7.20. The number of rotatable bonds is 4. The Morgan fingerprint density at radius 2 is 1.89 bits per heavy atom. The Hall–Kier alpha value is -3.71. The highest BCUT2D eigenvalue weighted by Gasteiger charge is 2.20. The monoisotopic (exact) mass is 386 g/mol. The topological polar surface area (TPSA) is 79.3 Å². The fourth-order valence-corrected chi connectivity index (χ4v) is 3.86. The Morgan fingerprint density at radius 1 is 1.07 bits per heavy atom. The molecule has 0 saturated heterocycles. The van der Waals surface area contributed by atoms with E-state index in [1.807, 2.05) is 58.6 Å². The number of aromatic nitrogens is 3. The summed E-state index contributed by atoms with van der Waals surface area (Å²) in [6, 6.07) is 14.7. The highest BCUT2D eigenvalue weighted by atomic mass is 32.1. The van der Waals surface area contributed by atoms with Crippen molar-refractivity contribution in [2.45, 2.75) is 0 Å². The maximum absolute atomic E-state index is 12.5. The van der Waals surface area contributed by atoms with Crippen LogP contribution in [0.25, 0.3) is 27.1 Å². The lowest BCUT2D eigenvalue weighted by Gasteiger charge is -2.05. The van der Waals surface area contributed by atoms with Crippen molar-refractivity contribution in [3.05, 3.63) is 78.1 Å². The number of nitrogens with one attached hydrogen (secondary N) is 2. The molecular weight excluding hydrogens is 372 g/mol. The van der Waals surface area contributed by atoms with Gasteiger partial charge in [0.2, 0.25) is 0 Å². The molecule has 136 valence electrons. The number of nitrogens with zero attached hydrogens (tertiary/aromatic N) is 2. The number of H-pyrrole nitrogens is 1. The van der Waals surface area contributed by atoms with Crippen molar-refractivity contribution in [3.63, 3.8) is 0 Å². The van der Waals surface area contributed by atoms with E-state index in [4.69, 9.17) is 0 Å². The highest BCUT2D eigenvalue weighted by molar-refractivity contribution is 7.15. The first-order chi connectivity index (χ1) is 13.7. The lowest BCUT2D eigenvalue weighted by Crippen LogP contribution is -2.22. The zero-order valence-corrected chi connectivity index (χ0v) is 15.4. The van der Waals surface area contributed by atoms with Gasteiger partial charge in [0.05, 0.1) is 11.3 Å². The number of hydrogen-bond acceptors (Lipinski definition) is 4. The number of aromatic amines is 1. The van der Waals surface area contributed by atoms with Crippen LogP contribution in [-0.2, 0) is 4.79 Å². The van der Waals surface area contributed by atoms with Gasteiger partial charge >= 0.3 is 0 Å². The Labute approximate surface area is 163 Å². The number of amides is 1. The molecule has 5 rings (SSSR count). The number of carbonyl (C=O) groups excluding carboxylic acids is 2. The minimum Gasteiger partial charge on any atom is -0.360 e. The van der Waals surface area contributed by atoms with Crippen LogP contribution >= 0.6 is 11.3 Å². The van der Waals surface area contributed by atoms with Gasteiger partial charge in [-0.05, 0) is 18.2 Å². The Balaban J connectivity index is 1.34. The van der Waals surface area contributed by atoms with Crippen LogP contribution in [0.5, 0.6) is 0 Å². The third-order valence-corrected chi connectivity index (χ3v) is 5.34. The summed E-state index contributed by atoms with van der Waals surface area (Å²) in [4.78, 5) is 33.4. The number of ketones is 1. The molecule has 7 heteroatoms.